The Bertz CT molecular complexity index is 147. The molecule has 0 unspecified atom stereocenters. The lowest BCUT2D eigenvalue weighted by molar-refractivity contribution is 0.167. The number of hydrogen-bond acceptors (Lipinski definition) is 1. The van der Waals surface area contributed by atoms with Crippen molar-refractivity contribution in [3.05, 3.63) is 11.6 Å². The van der Waals surface area contributed by atoms with Crippen molar-refractivity contribution in [2.75, 3.05) is 0 Å². The Morgan fingerprint density at radius 3 is 2.40 bits per heavy atom. The third-order valence-corrected chi connectivity index (χ3v) is 2.43. The highest BCUT2D eigenvalue weighted by Crippen LogP contribution is 2.49. The minimum Gasteiger partial charge on any atom is -0.393 e. The second-order valence-corrected chi connectivity index (χ2v) is 3.07. The molecule has 1 saturated carbocycles. The van der Waals surface area contributed by atoms with Crippen molar-refractivity contribution in [1.29, 1.82) is 0 Å². The molecule has 3 atom stereocenters. The van der Waals surface area contributed by atoms with Crippen molar-refractivity contribution in [2.24, 2.45) is 11.8 Å². The average molecular weight is 140 g/mol. The van der Waals surface area contributed by atoms with Crippen LogP contribution in [-0.4, -0.2) is 11.2 Å². The summed E-state index contributed by atoms with van der Waals surface area (Å²) in [6.45, 7) is 6.11. The van der Waals surface area contributed by atoms with E-state index in [0.717, 1.165) is 0 Å². The molecule has 0 aromatic carbocycles. The van der Waals surface area contributed by atoms with E-state index in [1.165, 1.54) is 12.0 Å². The highest BCUT2D eigenvalue weighted by atomic mass is 16.3. The van der Waals surface area contributed by atoms with Crippen LogP contribution in [0.2, 0.25) is 0 Å². The van der Waals surface area contributed by atoms with Crippen molar-refractivity contribution < 1.29 is 5.11 Å². The first kappa shape index (κ1) is 7.80. The Morgan fingerprint density at radius 2 is 2.30 bits per heavy atom. The molecule has 1 aliphatic carbocycles. The van der Waals surface area contributed by atoms with Crippen molar-refractivity contribution in [1.82, 2.24) is 0 Å². The molecule has 0 aliphatic heterocycles. The lowest BCUT2D eigenvalue weighted by Gasteiger charge is -1.97. The molecule has 0 aromatic heterocycles. The standard InChI is InChI=1S/C9H16O/c1-4-7-8(5-2)9(7)6(3)10/h4,6,8-10H,5H2,1-3H3/b7-4-/t6-,8+,9+/m1/s1. The van der Waals surface area contributed by atoms with Crippen molar-refractivity contribution in [2.45, 2.75) is 33.3 Å². The van der Waals surface area contributed by atoms with E-state index < -0.39 is 0 Å². The van der Waals surface area contributed by atoms with Gasteiger partial charge in [0.2, 0.25) is 0 Å². The van der Waals surface area contributed by atoms with Crippen LogP contribution in [0.1, 0.15) is 27.2 Å². The summed E-state index contributed by atoms with van der Waals surface area (Å²) in [5, 5.41) is 9.25. The summed E-state index contributed by atoms with van der Waals surface area (Å²) >= 11 is 0. The van der Waals surface area contributed by atoms with Gasteiger partial charge in [-0.25, -0.2) is 0 Å². The summed E-state index contributed by atoms with van der Waals surface area (Å²) < 4.78 is 0. The maximum absolute atomic E-state index is 9.25. The van der Waals surface area contributed by atoms with E-state index in [2.05, 4.69) is 19.9 Å². The topological polar surface area (TPSA) is 20.2 Å². The molecule has 1 heteroatoms. The zero-order chi connectivity index (χ0) is 7.72. The van der Waals surface area contributed by atoms with Gasteiger partial charge in [-0.3, -0.25) is 0 Å². The molecule has 0 bridgehead atoms. The van der Waals surface area contributed by atoms with Crippen molar-refractivity contribution in [3.8, 4) is 0 Å². The van der Waals surface area contributed by atoms with Crippen molar-refractivity contribution >= 4 is 0 Å². The van der Waals surface area contributed by atoms with Gasteiger partial charge in [0.1, 0.15) is 0 Å². The Labute approximate surface area is 62.8 Å². The molecular formula is C9H16O. The SMILES string of the molecule is C/C=C1\[C@H]([C@@H](C)O)[C@H]1CC. The average Bonchev–Trinajstić information content (AvgIpc) is 2.60. The zero-order valence-corrected chi connectivity index (χ0v) is 6.96. The van der Waals surface area contributed by atoms with Crippen LogP contribution < -0.4 is 0 Å². The van der Waals surface area contributed by atoms with Gasteiger partial charge < -0.3 is 5.11 Å². The van der Waals surface area contributed by atoms with Gasteiger partial charge in [0.05, 0.1) is 6.10 Å². The van der Waals surface area contributed by atoms with Crippen LogP contribution in [0, 0.1) is 11.8 Å². The molecule has 0 amide bonds. The summed E-state index contributed by atoms with van der Waals surface area (Å²) in [7, 11) is 0. The molecule has 10 heavy (non-hydrogen) atoms. The Balaban J connectivity index is 2.53. The molecule has 0 radical (unpaired) electrons. The second-order valence-electron chi connectivity index (χ2n) is 3.07. The smallest absolute Gasteiger partial charge is 0.0583 e. The lowest BCUT2D eigenvalue weighted by atomic mass is 10.2. The predicted octanol–water partition coefficient (Wildman–Crippen LogP) is 1.97. The fraction of sp³-hybridized carbons (Fsp3) is 0.778. The molecule has 1 nitrogen and oxygen atoms in total. The summed E-state index contributed by atoms with van der Waals surface area (Å²) in [6, 6.07) is 0. The van der Waals surface area contributed by atoms with E-state index in [-0.39, 0.29) is 6.10 Å². The first-order valence-corrected chi connectivity index (χ1v) is 4.06. The van der Waals surface area contributed by atoms with Gasteiger partial charge in [0.25, 0.3) is 0 Å². The van der Waals surface area contributed by atoms with E-state index in [9.17, 15) is 5.11 Å². The van der Waals surface area contributed by atoms with Gasteiger partial charge in [0.15, 0.2) is 0 Å². The molecule has 1 fully saturated rings. The van der Waals surface area contributed by atoms with E-state index in [1.54, 1.807) is 0 Å². The zero-order valence-electron chi connectivity index (χ0n) is 6.96. The predicted molar refractivity (Wildman–Crippen MR) is 42.7 cm³/mol. The number of aliphatic hydroxyl groups excluding tert-OH is 1. The lowest BCUT2D eigenvalue weighted by Crippen LogP contribution is -2.03. The first-order chi connectivity index (χ1) is 4.72. The van der Waals surface area contributed by atoms with Crippen molar-refractivity contribution in [3.63, 3.8) is 0 Å². The van der Waals surface area contributed by atoms with Gasteiger partial charge in [-0.05, 0) is 26.2 Å². The van der Waals surface area contributed by atoms with Gasteiger partial charge >= 0.3 is 0 Å². The Hall–Kier alpha value is -0.300. The van der Waals surface area contributed by atoms with Crippen LogP contribution in [-0.2, 0) is 0 Å². The van der Waals surface area contributed by atoms with E-state index in [1.807, 2.05) is 6.92 Å². The monoisotopic (exact) mass is 140 g/mol. The maximum atomic E-state index is 9.25. The molecule has 0 heterocycles. The van der Waals surface area contributed by atoms with Gasteiger partial charge in [-0.2, -0.15) is 0 Å². The minimum absolute atomic E-state index is 0.142. The molecule has 1 N–H and O–H groups in total. The van der Waals surface area contributed by atoms with Gasteiger partial charge in [-0.1, -0.05) is 18.6 Å². The van der Waals surface area contributed by atoms with Crippen LogP contribution in [0.3, 0.4) is 0 Å². The van der Waals surface area contributed by atoms with E-state index >= 15 is 0 Å². The summed E-state index contributed by atoms with van der Waals surface area (Å²) in [4.78, 5) is 0. The molecule has 0 spiro atoms. The van der Waals surface area contributed by atoms with Crippen LogP contribution in [0.4, 0.5) is 0 Å². The van der Waals surface area contributed by atoms with E-state index in [0.29, 0.717) is 11.8 Å². The van der Waals surface area contributed by atoms with Crippen LogP contribution >= 0.6 is 0 Å². The molecule has 0 saturated heterocycles. The maximum Gasteiger partial charge on any atom is 0.0583 e. The molecule has 1 aliphatic rings. The molecule has 0 aromatic rings. The first-order valence-electron chi connectivity index (χ1n) is 4.06. The normalized spacial score (nSPS) is 38.2. The van der Waals surface area contributed by atoms with Gasteiger partial charge in [0, 0.05) is 5.92 Å². The fourth-order valence-corrected chi connectivity index (χ4v) is 1.87. The largest absolute Gasteiger partial charge is 0.393 e. The highest BCUT2D eigenvalue weighted by Gasteiger charge is 2.44. The quantitative estimate of drug-likeness (QED) is 0.581. The number of hydrogen-bond donors (Lipinski definition) is 1. The fourth-order valence-electron chi connectivity index (χ4n) is 1.87. The molecular weight excluding hydrogens is 124 g/mol. The number of rotatable bonds is 2. The summed E-state index contributed by atoms with van der Waals surface area (Å²) in [6.07, 6.45) is 3.18. The van der Waals surface area contributed by atoms with Crippen LogP contribution in [0.25, 0.3) is 0 Å². The number of aliphatic hydroxyl groups is 1. The molecule has 58 valence electrons. The highest BCUT2D eigenvalue weighted by molar-refractivity contribution is 5.30. The summed E-state index contributed by atoms with van der Waals surface area (Å²) in [5.74, 6) is 1.17. The minimum atomic E-state index is -0.142. The second kappa shape index (κ2) is 2.75. The third-order valence-electron chi connectivity index (χ3n) is 2.43. The van der Waals surface area contributed by atoms with Gasteiger partial charge in [-0.15, -0.1) is 0 Å². The Kier molecular flexibility index (Phi) is 2.14. The van der Waals surface area contributed by atoms with Crippen LogP contribution in [0.5, 0.6) is 0 Å². The summed E-state index contributed by atoms with van der Waals surface area (Å²) in [5.41, 5.74) is 1.46. The number of allylic oxidation sites excluding steroid dienone is 1. The van der Waals surface area contributed by atoms with Crippen LogP contribution in [0.15, 0.2) is 11.6 Å². The third kappa shape index (κ3) is 1.10. The molecule has 1 rings (SSSR count). The Morgan fingerprint density at radius 1 is 1.70 bits per heavy atom. The van der Waals surface area contributed by atoms with E-state index in [4.69, 9.17) is 0 Å².